The largest absolute Gasteiger partial charge is 0.0984 e. The van der Waals surface area contributed by atoms with Crippen molar-refractivity contribution in [2.45, 2.75) is 13.8 Å². The van der Waals surface area contributed by atoms with Crippen LogP contribution in [0.15, 0.2) is 36.9 Å². The Morgan fingerprint density at radius 1 is 1.33 bits per heavy atom. The summed E-state index contributed by atoms with van der Waals surface area (Å²) in [7, 11) is 0. The highest BCUT2D eigenvalue weighted by Crippen LogP contribution is 2.18. The van der Waals surface area contributed by atoms with Crippen LogP contribution in [0.1, 0.15) is 25.0 Å². The molecule has 1 aromatic carbocycles. The molecule has 0 nitrogen and oxygen atoms in total. The predicted molar refractivity (Wildman–Crippen MR) is 55.9 cm³/mol. The molecule has 0 atom stereocenters. The van der Waals surface area contributed by atoms with Crippen LogP contribution in [0.2, 0.25) is 0 Å². The van der Waals surface area contributed by atoms with Gasteiger partial charge in [0.05, 0.1) is 0 Å². The van der Waals surface area contributed by atoms with Crippen LogP contribution >= 0.6 is 0 Å². The van der Waals surface area contributed by atoms with Gasteiger partial charge in [-0.1, -0.05) is 43.0 Å². The molecule has 0 aliphatic heterocycles. The summed E-state index contributed by atoms with van der Waals surface area (Å²) in [5, 5.41) is 0. The van der Waals surface area contributed by atoms with Crippen LogP contribution in [0.4, 0.5) is 0 Å². The molecule has 1 rings (SSSR count). The molecule has 62 valence electrons. The average molecular weight is 158 g/mol. The SMILES string of the molecule is C=Cc1ccccc1C(C)=CC. The summed E-state index contributed by atoms with van der Waals surface area (Å²) in [4.78, 5) is 0. The second-order valence-electron chi connectivity index (χ2n) is 2.76. The number of hydrogen-bond donors (Lipinski definition) is 0. The van der Waals surface area contributed by atoms with Crippen molar-refractivity contribution in [1.82, 2.24) is 0 Å². The maximum atomic E-state index is 3.78. The highest BCUT2D eigenvalue weighted by Gasteiger charge is 1.97. The van der Waals surface area contributed by atoms with Crippen molar-refractivity contribution < 1.29 is 0 Å². The fraction of sp³-hybridized carbons (Fsp3) is 0.167. The van der Waals surface area contributed by atoms with E-state index in [4.69, 9.17) is 0 Å². The van der Waals surface area contributed by atoms with Gasteiger partial charge in [-0.3, -0.25) is 0 Å². The Morgan fingerprint density at radius 3 is 2.58 bits per heavy atom. The summed E-state index contributed by atoms with van der Waals surface area (Å²) in [5.41, 5.74) is 3.77. The zero-order chi connectivity index (χ0) is 8.97. The van der Waals surface area contributed by atoms with Crippen molar-refractivity contribution in [3.63, 3.8) is 0 Å². The molecule has 0 fully saturated rings. The van der Waals surface area contributed by atoms with E-state index >= 15 is 0 Å². The fourth-order valence-electron chi connectivity index (χ4n) is 1.19. The van der Waals surface area contributed by atoms with Crippen LogP contribution in [0, 0.1) is 0 Å². The first kappa shape index (κ1) is 8.79. The van der Waals surface area contributed by atoms with Gasteiger partial charge in [-0.15, -0.1) is 0 Å². The van der Waals surface area contributed by atoms with Crippen molar-refractivity contribution in [2.75, 3.05) is 0 Å². The first-order valence-electron chi connectivity index (χ1n) is 4.14. The fourth-order valence-corrected chi connectivity index (χ4v) is 1.19. The predicted octanol–water partition coefficient (Wildman–Crippen LogP) is 3.75. The third-order valence-corrected chi connectivity index (χ3v) is 2.04. The summed E-state index contributed by atoms with van der Waals surface area (Å²) >= 11 is 0. The number of allylic oxidation sites excluding steroid dienone is 2. The minimum absolute atomic E-state index is 1.20. The van der Waals surface area contributed by atoms with Gasteiger partial charge in [0.2, 0.25) is 0 Å². The maximum Gasteiger partial charge on any atom is -0.0158 e. The highest BCUT2D eigenvalue weighted by molar-refractivity contribution is 5.72. The summed E-state index contributed by atoms with van der Waals surface area (Å²) in [6, 6.07) is 8.28. The van der Waals surface area contributed by atoms with Crippen LogP contribution in [-0.2, 0) is 0 Å². The Hall–Kier alpha value is -1.30. The number of rotatable bonds is 2. The van der Waals surface area contributed by atoms with Gasteiger partial charge < -0.3 is 0 Å². The second-order valence-corrected chi connectivity index (χ2v) is 2.76. The Morgan fingerprint density at radius 2 is 2.00 bits per heavy atom. The Kier molecular flexibility index (Phi) is 2.87. The lowest BCUT2D eigenvalue weighted by Gasteiger charge is -2.04. The topological polar surface area (TPSA) is 0 Å². The van der Waals surface area contributed by atoms with Crippen LogP contribution in [0.5, 0.6) is 0 Å². The Balaban J connectivity index is 3.22. The van der Waals surface area contributed by atoms with E-state index in [0.717, 1.165) is 0 Å². The Bertz CT molecular complexity index is 306. The minimum Gasteiger partial charge on any atom is -0.0984 e. The van der Waals surface area contributed by atoms with Crippen molar-refractivity contribution in [3.8, 4) is 0 Å². The molecule has 0 saturated heterocycles. The van der Waals surface area contributed by atoms with Gasteiger partial charge in [0.15, 0.2) is 0 Å². The molecule has 0 N–H and O–H groups in total. The molecule has 0 aliphatic carbocycles. The summed E-state index contributed by atoms with van der Waals surface area (Å²) in [6.07, 6.45) is 4.00. The van der Waals surface area contributed by atoms with E-state index in [2.05, 4.69) is 44.7 Å². The molecule has 0 radical (unpaired) electrons. The highest BCUT2D eigenvalue weighted by atomic mass is 14.0. The second kappa shape index (κ2) is 3.91. The third kappa shape index (κ3) is 1.65. The third-order valence-electron chi connectivity index (χ3n) is 2.04. The van der Waals surface area contributed by atoms with Gasteiger partial charge in [-0.05, 0) is 30.5 Å². The summed E-state index contributed by atoms with van der Waals surface area (Å²) < 4.78 is 0. The molecule has 0 heterocycles. The van der Waals surface area contributed by atoms with E-state index in [-0.39, 0.29) is 0 Å². The summed E-state index contributed by atoms with van der Waals surface area (Å²) in [6.45, 7) is 7.95. The van der Waals surface area contributed by atoms with Crippen LogP contribution in [0.25, 0.3) is 11.6 Å². The van der Waals surface area contributed by atoms with Crippen molar-refractivity contribution in [2.24, 2.45) is 0 Å². The first-order valence-corrected chi connectivity index (χ1v) is 4.14. The molecular formula is C12H14. The maximum absolute atomic E-state index is 3.78. The summed E-state index contributed by atoms with van der Waals surface area (Å²) in [5.74, 6) is 0. The van der Waals surface area contributed by atoms with Gasteiger partial charge in [-0.25, -0.2) is 0 Å². The molecule has 0 spiro atoms. The first-order chi connectivity index (χ1) is 5.79. The van der Waals surface area contributed by atoms with E-state index in [1.165, 1.54) is 16.7 Å². The van der Waals surface area contributed by atoms with Crippen molar-refractivity contribution >= 4 is 11.6 Å². The van der Waals surface area contributed by atoms with E-state index in [0.29, 0.717) is 0 Å². The van der Waals surface area contributed by atoms with Gasteiger partial charge in [0.1, 0.15) is 0 Å². The molecule has 0 amide bonds. The lowest BCUT2D eigenvalue weighted by atomic mass is 10.0. The minimum atomic E-state index is 1.20. The zero-order valence-electron chi connectivity index (χ0n) is 7.67. The molecule has 0 saturated carbocycles. The quantitative estimate of drug-likeness (QED) is 0.615. The van der Waals surface area contributed by atoms with Gasteiger partial charge in [-0.2, -0.15) is 0 Å². The molecule has 0 aromatic heterocycles. The molecule has 0 unspecified atom stereocenters. The molecule has 0 heteroatoms. The van der Waals surface area contributed by atoms with E-state index in [9.17, 15) is 0 Å². The number of benzene rings is 1. The van der Waals surface area contributed by atoms with Gasteiger partial charge in [0, 0.05) is 0 Å². The zero-order valence-corrected chi connectivity index (χ0v) is 7.67. The van der Waals surface area contributed by atoms with Crippen LogP contribution in [0.3, 0.4) is 0 Å². The smallest absolute Gasteiger partial charge is 0.0158 e. The number of hydrogen-bond acceptors (Lipinski definition) is 0. The lowest BCUT2D eigenvalue weighted by molar-refractivity contribution is 1.52. The monoisotopic (exact) mass is 158 g/mol. The van der Waals surface area contributed by atoms with Gasteiger partial charge >= 0.3 is 0 Å². The Labute approximate surface area is 74.2 Å². The van der Waals surface area contributed by atoms with Crippen LogP contribution in [-0.4, -0.2) is 0 Å². The molecular weight excluding hydrogens is 144 g/mol. The molecule has 0 bridgehead atoms. The van der Waals surface area contributed by atoms with E-state index in [1.54, 1.807) is 0 Å². The normalized spacial score (nSPS) is 11.3. The van der Waals surface area contributed by atoms with E-state index < -0.39 is 0 Å². The van der Waals surface area contributed by atoms with Crippen molar-refractivity contribution in [3.05, 3.63) is 48.0 Å². The van der Waals surface area contributed by atoms with E-state index in [1.807, 2.05) is 12.1 Å². The van der Waals surface area contributed by atoms with Gasteiger partial charge in [0.25, 0.3) is 0 Å². The average Bonchev–Trinajstić information content (AvgIpc) is 2.16. The standard InChI is InChI=1S/C12H14/c1-4-10(3)12-9-7-6-8-11(12)5-2/h4-9H,2H2,1,3H3. The molecule has 12 heavy (non-hydrogen) atoms. The molecule has 0 aliphatic rings. The van der Waals surface area contributed by atoms with Crippen molar-refractivity contribution in [1.29, 1.82) is 0 Å². The molecule has 1 aromatic rings. The lowest BCUT2D eigenvalue weighted by Crippen LogP contribution is -1.83. The van der Waals surface area contributed by atoms with Crippen LogP contribution < -0.4 is 0 Å².